The van der Waals surface area contributed by atoms with Gasteiger partial charge in [-0.05, 0) is 36.5 Å². The first-order chi connectivity index (χ1) is 9.90. The molecule has 0 radical (unpaired) electrons. The highest BCUT2D eigenvalue weighted by atomic mass is 14.9. The van der Waals surface area contributed by atoms with Gasteiger partial charge in [-0.1, -0.05) is 48.5 Å². The third-order valence-corrected chi connectivity index (χ3v) is 3.29. The summed E-state index contributed by atoms with van der Waals surface area (Å²) in [5.41, 5.74) is 3.85. The SMILES string of the molecule is N#CCCCCNc1ccccc1Cc1ccccc1. The highest BCUT2D eigenvalue weighted by Gasteiger charge is 2.02. The van der Waals surface area contributed by atoms with Crippen LogP contribution in [-0.4, -0.2) is 6.54 Å². The molecule has 0 aliphatic carbocycles. The maximum atomic E-state index is 8.52. The highest BCUT2D eigenvalue weighted by Crippen LogP contribution is 2.19. The molecule has 0 saturated heterocycles. The first kappa shape index (κ1) is 14.1. The number of hydrogen-bond acceptors (Lipinski definition) is 2. The number of nitrogens with zero attached hydrogens (tertiary/aromatic N) is 1. The van der Waals surface area contributed by atoms with Crippen molar-refractivity contribution in [1.82, 2.24) is 0 Å². The van der Waals surface area contributed by atoms with Crippen LogP contribution in [0.15, 0.2) is 54.6 Å². The Morgan fingerprint density at radius 1 is 0.900 bits per heavy atom. The molecule has 0 bridgehead atoms. The lowest BCUT2D eigenvalue weighted by atomic mass is 10.0. The number of anilines is 1. The molecule has 20 heavy (non-hydrogen) atoms. The van der Waals surface area contributed by atoms with Gasteiger partial charge in [0, 0.05) is 18.7 Å². The van der Waals surface area contributed by atoms with Crippen molar-refractivity contribution in [2.75, 3.05) is 11.9 Å². The summed E-state index contributed by atoms with van der Waals surface area (Å²) in [4.78, 5) is 0. The molecule has 0 amide bonds. The van der Waals surface area contributed by atoms with Gasteiger partial charge in [0.15, 0.2) is 0 Å². The van der Waals surface area contributed by atoms with Crippen LogP contribution in [0.4, 0.5) is 5.69 Å². The van der Waals surface area contributed by atoms with Crippen LogP contribution in [0.5, 0.6) is 0 Å². The van der Waals surface area contributed by atoms with Crippen molar-refractivity contribution in [3.05, 3.63) is 65.7 Å². The van der Waals surface area contributed by atoms with Gasteiger partial charge in [0.05, 0.1) is 6.07 Å². The Labute approximate surface area is 121 Å². The van der Waals surface area contributed by atoms with Crippen molar-refractivity contribution in [1.29, 1.82) is 5.26 Å². The lowest BCUT2D eigenvalue weighted by molar-refractivity contribution is 0.784. The Kier molecular flexibility index (Phi) is 5.67. The third-order valence-electron chi connectivity index (χ3n) is 3.29. The first-order valence-electron chi connectivity index (χ1n) is 7.13. The van der Waals surface area contributed by atoms with Crippen molar-refractivity contribution in [3.63, 3.8) is 0 Å². The Morgan fingerprint density at radius 3 is 2.45 bits per heavy atom. The van der Waals surface area contributed by atoms with E-state index in [9.17, 15) is 0 Å². The van der Waals surface area contributed by atoms with Crippen LogP contribution in [0.3, 0.4) is 0 Å². The van der Waals surface area contributed by atoms with E-state index < -0.39 is 0 Å². The van der Waals surface area contributed by atoms with E-state index in [4.69, 9.17) is 5.26 Å². The van der Waals surface area contributed by atoms with Gasteiger partial charge >= 0.3 is 0 Å². The molecule has 102 valence electrons. The van der Waals surface area contributed by atoms with Crippen molar-refractivity contribution < 1.29 is 0 Å². The van der Waals surface area contributed by atoms with Gasteiger partial charge in [-0.2, -0.15) is 5.26 Å². The molecule has 2 aromatic carbocycles. The molecular formula is C18H20N2. The van der Waals surface area contributed by atoms with Crippen LogP contribution < -0.4 is 5.32 Å². The number of nitrogens with one attached hydrogen (secondary N) is 1. The number of nitriles is 1. The lowest BCUT2D eigenvalue weighted by Crippen LogP contribution is -2.04. The topological polar surface area (TPSA) is 35.8 Å². The average Bonchev–Trinajstić information content (AvgIpc) is 2.50. The summed E-state index contributed by atoms with van der Waals surface area (Å²) < 4.78 is 0. The van der Waals surface area contributed by atoms with Crippen molar-refractivity contribution in [2.45, 2.75) is 25.7 Å². The predicted octanol–water partition coefficient (Wildman–Crippen LogP) is 4.38. The molecule has 0 aromatic heterocycles. The van der Waals surface area contributed by atoms with E-state index in [1.165, 1.54) is 16.8 Å². The molecule has 2 heteroatoms. The van der Waals surface area contributed by atoms with Crippen LogP contribution in [0, 0.1) is 11.3 Å². The Bertz CT molecular complexity index is 555. The summed E-state index contributed by atoms with van der Waals surface area (Å²) in [5, 5.41) is 12.0. The van der Waals surface area contributed by atoms with Crippen LogP contribution in [0.2, 0.25) is 0 Å². The Hall–Kier alpha value is -2.27. The van der Waals surface area contributed by atoms with E-state index in [2.05, 4.69) is 59.9 Å². The summed E-state index contributed by atoms with van der Waals surface area (Å²) in [6.45, 7) is 0.924. The van der Waals surface area contributed by atoms with E-state index in [-0.39, 0.29) is 0 Å². The molecule has 0 saturated carbocycles. The zero-order chi connectivity index (χ0) is 14.0. The molecule has 0 aliphatic rings. The van der Waals surface area contributed by atoms with Gasteiger partial charge < -0.3 is 5.32 Å². The highest BCUT2D eigenvalue weighted by molar-refractivity contribution is 5.52. The van der Waals surface area contributed by atoms with Crippen LogP contribution >= 0.6 is 0 Å². The van der Waals surface area contributed by atoms with E-state index in [1.54, 1.807) is 0 Å². The molecule has 0 heterocycles. The average molecular weight is 264 g/mol. The maximum absolute atomic E-state index is 8.52. The number of unbranched alkanes of at least 4 members (excludes halogenated alkanes) is 2. The number of rotatable bonds is 7. The summed E-state index contributed by atoms with van der Waals surface area (Å²) in [6.07, 6.45) is 3.59. The van der Waals surface area contributed by atoms with E-state index >= 15 is 0 Å². The number of hydrogen-bond donors (Lipinski definition) is 1. The molecule has 0 aliphatic heterocycles. The minimum atomic E-state index is 0.646. The van der Waals surface area contributed by atoms with E-state index in [1.807, 2.05) is 6.07 Å². The fourth-order valence-electron chi connectivity index (χ4n) is 2.21. The lowest BCUT2D eigenvalue weighted by Gasteiger charge is -2.12. The molecule has 2 aromatic rings. The minimum absolute atomic E-state index is 0.646. The molecule has 1 N–H and O–H groups in total. The fraction of sp³-hybridized carbons (Fsp3) is 0.278. The summed E-state index contributed by atoms with van der Waals surface area (Å²) >= 11 is 0. The first-order valence-corrected chi connectivity index (χ1v) is 7.13. The van der Waals surface area contributed by atoms with Gasteiger partial charge in [-0.25, -0.2) is 0 Å². The van der Waals surface area contributed by atoms with Gasteiger partial charge in [0.1, 0.15) is 0 Å². The van der Waals surface area contributed by atoms with Crippen LogP contribution in [0.1, 0.15) is 30.4 Å². The molecule has 2 rings (SSSR count). The normalized spacial score (nSPS) is 9.95. The summed E-state index contributed by atoms with van der Waals surface area (Å²) in [6, 6.07) is 21.1. The molecule has 0 fully saturated rings. The molecule has 0 unspecified atom stereocenters. The zero-order valence-corrected chi connectivity index (χ0v) is 11.7. The summed E-state index contributed by atoms with van der Waals surface area (Å²) in [5.74, 6) is 0. The van der Waals surface area contributed by atoms with Crippen molar-refractivity contribution >= 4 is 5.69 Å². The van der Waals surface area contributed by atoms with Crippen molar-refractivity contribution in [2.24, 2.45) is 0 Å². The number of para-hydroxylation sites is 1. The van der Waals surface area contributed by atoms with Crippen LogP contribution in [-0.2, 0) is 6.42 Å². The summed E-state index contributed by atoms with van der Waals surface area (Å²) in [7, 11) is 0. The van der Waals surface area contributed by atoms with Crippen LogP contribution in [0.25, 0.3) is 0 Å². The molecule has 0 atom stereocenters. The van der Waals surface area contributed by atoms with Gasteiger partial charge in [0.25, 0.3) is 0 Å². The second-order valence-electron chi connectivity index (χ2n) is 4.86. The smallest absolute Gasteiger partial charge is 0.0621 e. The standard InChI is InChI=1S/C18H20N2/c19-13-7-2-8-14-20-18-12-6-5-11-17(18)15-16-9-3-1-4-10-16/h1,3-6,9-12,20H,2,7-8,14-15H2. The van der Waals surface area contributed by atoms with Gasteiger partial charge in [-0.15, -0.1) is 0 Å². The third kappa shape index (κ3) is 4.44. The molecular weight excluding hydrogens is 244 g/mol. The minimum Gasteiger partial charge on any atom is -0.385 e. The van der Waals surface area contributed by atoms with Gasteiger partial charge in [0.2, 0.25) is 0 Å². The largest absolute Gasteiger partial charge is 0.385 e. The second kappa shape index (κ2) is 8.01. The second-order valence-corrected chi connectivity index (χ2v) is 4.86. The zero-order valence-electron chi connectivity index (χ0n) is 11.7. The monoisotopic (exact) mass is 264 g/mol. The van der Waals surface area contributed by atoms with Gasteiger partial charge in [-0.3, -0.25) is 0 Å². The Balaban J connectivity index is 1.94. The fourth-order valence-corrected chi connectivity index (χ4v) is 2.21. The molecule has 0 spiro atoms. The van der Waals surface area contributed by atoms with E-state index in [0.29, 0.717) is 6.42 Å². The predicted molar refractivity (Wildman–Crippen MR) is 83.6 cm³/mol. The van der Waals surface area contributed by atoms with E-state index in [0.717, 1.165) is 25.8 Å². The maximum Gasteiger partial charge on any atom is 0.0621 e. The molecule has 2 nitrogen and oxygen atoms in total. The quantitative estimate of drug-likeness (QED) is 0.753. The number of benzene rings is 2. The van der Waals surface area contributed by atoms with Crippen molar-refractivity contribution in [3.8, 4) is 6.07 Å². The Morgan fingerprint density at radius 2 is 1.65 bits per heavy atom.